The smallest absolute Gasteiger partial charge is 0.405 e. The van der Waals surface area contributed by atoms with Gasteiger partial charge >= 0.3 is 11.9 Å². The van der Waals surface area contributed by atoms with E-state index in [-0.39, 0.29) is 5.69 Å². The summed E-state index contributed by atoms with van der Waals surface area (Å²) in [5.41, 5.74) is -3.21. The van der Waals surface area contributed by atoms with Crippen molar-refractivity contribution in [1.29, 1.82) is 0 Å². The highest BCUT2D eigenvalue weighted by molar-refractivity contribution is 8.00. The number of hydrogen-bond acceptors (Lipinski definition) is 4. The Hall–Kier alpha value is -1.29. The number of alkyl halides is 6. The Labute approximate surface area is 101 Å². The molecule has 0 bridgehead atoms. The topological polar surface area (TPSA) is 47.3 Å². The monoisotopic (exact) mass is 292 g/mol. The summed E-state index contributed by atoms with van der Waals surface area (Å²) >= 11 is -0.748. The van der Waals surface area contributed by atoms with Gasteiger partial charge in [-0.3, -0.25) is 5.84 Å². The van der Waals surface area contributed by atoms with Crippen molar-refractivity contribution in [3.8, 4) is 5.75 Å². The van der Waals surface area contributed by atoms with Crippen LogP contribution in [0.2, 0.25) is 0 Å². The van der Waals surface area contributed by atoms with Crippen molar-refractivity contribution in [3.63, 3.8) is 0 Å². The van der Waals surface area contributed by atoms with Crippen molar-refractivity contribution in [1.82, 2.24) is 0 Å². The highest BCUT2D eigenvalue weighted by Crippen LogP contribution is 2.46. The number of ether oxygens (including phenoxy) is 1. The summed E-state index contributed by atoms with van der Waals surface area (Å²) in [6, 6.07) is 2.94. The average Bonchev–Trinajstić information content (AvgIpc) is 2.16. The van der Waals surface area contributed by atoms with Crippen LogP contribution in [0.25, 0.3) is 0 Å². The van der Waals surface area contributed by atoms with Gasteiger partial charge in [-0.05, 0) is 23.9 Å². The minimum Gasteiger partial charge on any atom is -0.405 e. The van der Waals surface area contributed by atoms with Gasteiger partial charge in [0.15, 0.2) is 0 Å². The van der Waals surface area contributed by atoms with Crippen molar-refractivity contribution in [2.24, 2.45) is 5.84 Å². The molecule has 0 aliphatic rings. The highest BCUT2D eigenvalue weighted by atomic mass is 32.2. The molecule has 0 saturated carbocycles. The van der Waals surface area contributed by atoms with Crippen LogP contribution in [0, 0.1) is 0 Å². The fourth-order valence-corrected chi connectivity index (χ4v) is 1.73. The van der Waals surface area contributed by atoms with Gasteiger partial charge in [0.05, 0.1) is 10.6 Å². The summed E-state index contributed by atoms with van der Waals surface area (Å²) in [6.45, 7) is 0. The molecule has 18 heavy (non-hydrogen) atoms. The Morgan fingerprint density at radius 2 is 1.72 bits per heavy atom. The van der Waals surface area contributed by atoms with Gasteiger partial charge in [0.25, 0.3) is 0 Å². The molecule has 0 spiro atoms. The van der Waals surface area contributed by atoms with Crippen LogP contribution in [0.4, 0.5) is 32.0 Å². The molecule has 0 fully saturated rings. The fourth-order valence-electron chi connectivity index (χ4n) is 1.06. The number of benzene rings is 1. The van der Waals surface area contributed by atoms with E-state index in [1.54, 1.807) is 0 Å². The first-order valence-corrected chi connectivity index (χ1v) is 5.05. The van der Waals surface area contributed by atoms with E-state index in [1.807, 2.05) is 5.43 Å². The number of nitrogens with one attached hydrogen (secondary N) is 1. The second-order valence-corrected chi connectivity index (χ2v) is 3.95. The minimum atomic E-state index is -5.09. The molecule has 0 saturated heterocycles. The predicted molar refractivity (Wildman–Crippen MR) is 52.8 cm³/mol. The van der Waals surface area contributed by atoms with Crippen LogP contribution in [0.1, 0.15) is 0 Å². The van der Waals surface area contributed by atoms with Gasteiger partial charge in [0.2, 0.25) is 0 Å². The minimum absolute atomic E-state index is 0.320. The van der Waals surface area contributed by atoms with E-state index in [0.717, 1.165) is 18.2 Å². The molecule has 3 nitrogen and oxygen atoms in total. The van der Waals surface area contributed by atoms with Crippen molar-refractivity contribution in [2.45, 2.75) is 16.8 Å². The molecule has 1 aromatic rings. The molecule has 0 aliphatic carbocycles. The largest absolute Gasteiger partial charge is 0.573 e. The van der Waals surface area contributed by atoms with Gasteiger partial charge in [-0.1, -0.05) is 6.07 Å². The summed E-state index contributed by atoms with van der Waals surface area (Å²) < 4.78 is 76.3. The maximum Gasteiger partial charge on any atom is 0.573 e. The Bertz CT molecular complexity index is 419. The average molecular weight is 292 g/mol. The van der Waals surface area contributed by atoms with Crippen LogP contribution in [0.5, 0.6) is 5.75 Å². The number of rotatable bonds is 3. The first-order valence-electron chi connectivity index (χ1n) is 4.23. The van der Waals surface area contributed by atoms with E-state index in [0.29, 0.717) is 0 Å². The number of hydrazine groups is 1. The summed E-state index contributed by atoms with van der Waals surface area (Å²) in [5.74, 6) is 3.96. The molecule has 0 aliphatic heterocycles. The molecule has 0 atom stereocenters. The lowest BCUT2D eigenvalue weighted by molar-refractivity contribution is -0.275. The Morgan fingerprint density at radius 3 is 2.17 bits per heavy atom. The van der Waals surface area contributed by atoms with Crippen LogP contribution in [0.15, 0.2) is 23.1 Å². The van der Waals surface area contributed by atoms with Crippen LogP contribution in [-0.4, -0.2) is 11.9 Å². The molecule has 0 unspecified atom stereocenters. The Morgan fingerprint density at radius 1 is 1.11 bits per heavy atom. The second-order valence-electron chi connectivity index (χ2n) is 2.87. The molecule has 0 radical (unpaired) electrons. The molecule has 3 N–H and O–H groups in total. The predicted octanol–water partition coefficient (Wildman–Crippen LogP) is 3.48. The summed E-state index contributed by atoms with van der Waals surface area (Å²) in [7, 11) is 0. The number of halogens is 6. The second kappa shape index (κ2) is 5.14. The zero-order chi connectivity index (χ0) is 14.0. The molecule has 102 valence electrons. The lowest BCUT2D eigenvalue weighted by Crippen LogP contribution is -2.19. The number of nitrogens with two attached hydrogens (primary N) is 1. The van der Waals surface area contributed by atoms with E-state index >= 15 is 0 Å². The molecular formula is C8H6F6N2OS. The zero-order valence-electron chi connectivity index (χ0n) is 8.39. The third-order valence-corrected chi connectivity index (χ3v) is 2.43. The first-order chi connectivity index (χ1) is 8.12. The summed E-state index contributed by atoms with van der Waals surface area (Å²) in [6.07, 6.45) is -5.09. The molecule has 10 heteroatoms. The Balaban J connectivity index is 3.16. The van der Waals surface area contributed by atoms with Gasteiger partial charge in [0.1, 0.15) is 5.75 Å². The molecule has 0 heterocycles. The van der Waals surface area contributed by atoms with Crippen LogP contribution in [-0.2, 0) is 0 Å². The summed E-state index contributed by atoms with van der Waals surface area (Å²) in [4.78, 5) is -0.787. The number of nitrogen functional groups attached to an aromatic ring is 1. The quantitative estimate of drug-likeness (QED) is 0.387. The van der Waals surface area contributed by atoms with Crippen LogP contribution < -0.4 is 16.0 Å². The van der Waals surface area contributed by atoms with Crippen molar-refractivity contribution in [3.05, 3.63) is 18.2 Å². The Kier molecular flexibility index (Phi) is 4.22. The van der Waals surface area contributed by atoms with E-state index in [2.05, 4.69) is 4.74 Å². The molecule has 0 aromatic heterocycles. The van der Waals surface area contributed by atoms with E-state index in [1.165, 1.54) is 0 Å². The molecule has 1 aromatic carbocycles. The van der Waals surface area contributed by atoms with E-state index in [9.17, 15) is 26.3 Å². The maximum absolute atomic E-state index is 12.2. The number of anilines is 1. The van der Waals surface area contributed by atoms with E-state index < -0.39 is 34.3 Å². The first kappa shape index (κ1) is 14.8. The maximum atomic E-state index is 12.2. The van der Waals surface area contributed by atoms with Crippen LogP contribution in [0.3, 0.4) is 0 Å². The standard InChI is InChI=1S/C8H6F6N2OS/c9-7(10,11)17-5-3-1-2-4(16-15)6(5)18-8(12,13)14/h1-3,16H,15H2. The lowest BCUT2D eigenvalue weighted by Gasteiger charge is -2.16. The van der Waals surface area contributed by atoms with Crippen LogP contribution >= 0.6 is 11.8 Å². The molecule has 0 amide bonds. The SMILES string of the molecule is NNc1cccc(OC(F)(F)F)c1SC(F)(F)F. The van der Waals surface area contributed by atoms with Gasteiger partial charge in [-0.15, -0.1) is 13.2 Å². The zero-order valence-corrected chi connectivity index (χ0v) is 9.21. The molecular weight excluding hydrogens is 286 g/mol. The number of hydrogen-bond donors (Lipinski definition) is 2. The van der Waals surface area contributed by atoms with Gasteiger partial charge < -0.3 is 10.2 Å². The third-order valence-electron chi connectivity index (χ3n) is 1.58. The fraction of sp³-hybridized carbons (Fsp3) is 0.250. The summed E-state index contributed by atoms with van der Waals surface area (Å²) in [5, 5.41) is 0. The van der Waals surface area contributed by atoms with Crippen molar-refractivity contribution >= 4 is 17.4 Å². The normalized spacial score (nSPS) is 12.4. The van der Waals surface area contributed by atoms with Gasteiger partial charge in [-0.25, -0.2) is 0 Å². The molecule has 1 rings (SSSR count). The van der Waals surface area contributed by atoms with Gasteiger partial charge in [0, 0.05) is 0 Å². The third kappa shape index (κ3) is 4.53. The van der Waals surface area contributed by atoms with Gasteiger partial charge in [-0.2, -0.15) is 13.2 Å². The number of thioether (sulfide) groups is 1. The lowest BCUT2D eigenvalue weighted by atomic mass is 10.3. The van der Waals surface area contributed by atoms with Crippen molar-refractivity contribution < 1.29 is 31.1 Å². The van der Waals surface area contributed by atoms with Crippen molar-refractivity contribution in [2.75, 3.05) is 5.43 Å². The highest BCUT2D eigenvalue weighted by Gasteiger charge is 2.36. The van der Waals surface area contributed by atoms with E-state index in [4.69, 9.17) is 5.84 Å².